The molecule has 1 saturated heterocycles. The maximum absolute atomic E-state index is 11.1. The number of allylic oxidation sites excluding steroid dienone is 1. The third kappa shape index (κ3) is 4.08. The van der Waals surface area contributed by atoms with Gasteiger partial charge in [-0.2, -0.15) is 0 Å². The van der Waals surface area contributed by atoms with Gasteiger partial charge in [-0.25, -0.2) is 0 Å². The van der Waals surface area contributed by atoms with Gasteiger partial charge in [0, 0.05) is 6.54 Å². The van der Waals surface area contributed by atoms with Crippen molar-refractivity contribution in [3.05, 3.63) is 12.2 Å². The van der Waals surface area contributed by atoms with Crippen LogP contribution in [0.4, 0.5) is 0 Å². The molecule has 0 aromatic heterocycles. The third-order valence-corrected chi connectivity index (χ3v) is 2.34. The quantitative estimate of drug-likeness (QED) is 0.630. The zero-order valence-electron chi connectivity index (χ0n) is 8.18. The van der Waals surface area contributed by atoms with Crippen LogP contribution >= 0.6 is 0 Å². The van der Waals surface area contributed by atoms with Gasteiger partial charge in [0.25, 0.3) is 0 Å². The van der Waals surface area contributed by atoms with Gasteiger partial charge >= 0.3 is 0 Å². The predicted octanol–water partition coefficient (Wildman–Crippen LogP) is 0.678. The van der Waals surface area contributed by atoms with Gasteiger partial charge in [-0.15, -0.1) is 0 Å². The lowest BCUT2D eigenvalue weighted by Gasteiger charge is -2.22. The Bertz CT molecular complexity index is 183. The number of rotatable bonds is 3. The molecule has 0 unspecified atom stereocenters. The molecule has 1 aliphatic heterocycles. The first-order chi connectivity index (χ1) is 6.33. The van der Waals surface area contributed by atoms with Crippen molar-refractivity contribution in [2.75, 3.05) is 19.6 Å². The molecule has 0 aromatic rings. The SMILES string of the molecule is CC=CC(=O)NCC1CCNCC1. The first kappa shape index (κ1) is 10.3. The fraction of sp³-hybridized carbons (Fsp3) is 0.700. The lowest BCUT2D eigenvalue weighted by atomic mass is 9.98. The highest BCUT2D eigenvalue weighted by molar-refractivity contribution is 5.87. The van der Waals surface area contributed by atoms with Crippen molar-refractivity contribution >= 4 is 5.91 Å². The molecule has 0 radical (unpaired) electrons. The standard InChI is InChI=1S/C10H18N2O/c1-2-3-10(13)12-8-9-4-6-11-7-5-9/h2-3,9,11H,4-8H2,1H3,(H,12,13). The van der Waals surface area contributed by atoms with Crippen molar-refractivity contribution in [2.45, 2.75) is 19.8 Å². The highest BCUT2D eigenvalue weighted by Gasteiger charge is 2.12. The molecule has 3 heteroatoms. The van der Waals surface area contributed by atoms with Crippen LogP contribution in [0.15, 0.2) is 12.2 Å². The van der Waals surface area contributed by atoms with Gasteiger partial charge in [0.1, 0.15) is 0 Å². The lowest BCUT2D eigenvalue weighted by molar-refractivity contribution is -0.116. The fourth-order valence-corrected chi connectivity index (χ4v) is 1.54. The maximum atomic E-state index is 11.1. The van der Waals surface area contributed by atoms with E-state index in [0.717, 1.165) is 19.6 Å². The molecule has 1 heterocycles. The van der Waals surface area contributed by atoms with Crippen LogP contribution in [0.3, 0.4) is 0 Å². The van der Waals surface area contributed by atoms with E-state index in [4.69, 9.17) is 0 Å². The number of piperidine rings is 1. The minimum Gasteiger partial charge on any atom is -0.352 e. The maximum Gasteiger partial charge on any atom is 0.243 e. The number of carbonyl (C=O) groups is 1. The number of carbonyl (C=O) groups excluding carboxylic acids is 1. The monoisotopic (exact) mass is 182 g/mol. The molecular weight excluding hydrogens is 164 g/mol. The molecule has 0 atom stereocenters. The highest BCUT2D eigenvalue weighted by Crippen LogP contribution is 2.09. The van der Waals surface area contributed by atoms with Crippen LogP contribution in [-0.2, 0) is 4.79 Å². The highest BCUT2D eigenvalue weighted by atomic mass is 16.1. The van der Waals surface area contributed by atoms with Crippen molar-refractivity contribution in [3.8, 4) is 0 Å². The summed E-state index contributed by atoms with van der Waals surface area (Å²) in [6.45, 7) is 4.85. The summed E-state index contributed by atoms with van der Waals surface area (Å²) in [5.41, 5.74) is 0. The molecule has 0 aliphatic carbocycles. The number of nitrogens with one attached hydrogen (secondary N) is 2. The van der Waals surface area contributed by atoms with Gasteiger partial charge < -0.3 is 10.6 Å². The van der Waals surface area contributed by atoms with E-state index < -0.39 is 0 Å². The third-order valence-electron chi connectivity index (χ3n) is 2.34. The summed E-state index contributed by atoms with van der Waals surface area (Å²) in [5.74, 6) is 0.691. The normalized spacial score (nSPS) is 19.2. The fourth-order valence-electron chi connectivity index (χ4n) is 1.54. The zero-order chi connectivity index (χ0) is 9.52. The van der Waals surface area contributed by atoms with Crippen molar-refractivity contribution in [2.24, 2.45) is 5.92 Å². The number of hydrogen-bond acceptors (Lipinski definition) is 2. The molecule has 1 fully saturated rings. The molecular formula is C10H18N2O. The molecule has 1 rings (SSSR count). The molecule has 0 spiro atoms. The molecule has 0 saturated carbocycles. The first-order valence-electron chi connectivity index (χ1n) is 4.94. The summed E-state index contributed by atoms with van der Waals surface area (Å²) < 4.78 is 0. The summed E-state index contributed by atoms with van der Waals surface area (Å²) in [6, 6.07) is 0. The van der Waals surface area contributed by atoms with Gasteiger partial charge in [0.15, 0.2) is 0 Å². The van der Waals surface area contributed by atoms with E-state index in [1.54, 1.807) is 12.2 Å². The van der Waals surface area contributed by atoms with Crippen molar-refractivity contribution < 1.29 is 4.79 Å². The molecule has 13 heavy (non-hydrogen) atoms. The van der Waals surface area contributed by atoms with E-state index >= 15 is 0 Å². The lowest BCUT2D eigenvalue weighted by Crippen LogP contribution is -2.35. The molecule has 2 N–H and O–H groups in total. The molecule has 74 valence electrons. The van der Waals surface area contributed by atoms with Crippen LogP contribution in [0.5, 0.6) is 0 Å². The number of amides is 1. The number of hydrogen-bond donors (Lipinski definition) is 2. The van der Waals surface area contributed by atoms with E-state index in [1.165, 1.54) is 12.8 Å². The van der Waals surface area contributed by atoms with E-state index in [1.807, 2.05) is 6.92 Å². The summed E-state index contributed by atoms with van der Waals surface area (Å²) in [5, 5.41) is 6.20. The Balaban J connectivity index is 2.13. The van der Waals surface area contributed by atoms with Crippen LogP contribution in [0, 0.1) is 5.92 Å². The molecule has 1 amide bonds. The average Bonchev–Trinajstić information content (AvgIpc) is 2.17. The van der Waals surface area contributed by atoms with Crippen LogP contribution in [0.2, 0.25) is 0 Å². The Kier molecular flexibility index (Phi) is 4.54. The largest absolute Gasteiger partial charge is 0.352 e. The minimum atomic E-state index is 0.0287. The molecule has 0 bridgehead atoms. The summed E-state index contributed by atoms with van der Waals surface area (Å²) in [4.78, 5) is 11.1. The molecule has 1 aliphatic rings. The van der Waals surface area contributed by atoms with Crippen LogP contribution in [0.25, 0.3) is 0 Å². The Morgan fingerprint density at radius 3 is 2.85 bits per heavy atom. The second kappa shape index (κ2) is 5.75. The Labute approximate surface area is 79.6 Å². The van der Waals surface area contributed by atoms with E-state index in [0.29, 0.717) is 5.92 Å². The van der Waals surface area contributed by atoms with Gasteiger partial charge in [0.2, 0.25) is 5.91 Å². The summed E-state index contributed by atoms with van der Waals surface area (Å²) >= 11 is 0. The van der Waals surface area contributed by atoms with Gasteiger partial charge in [-0.05, 0) is 44.8 Å². The first-order valence-corrected chi connectivity index (χ1v) is 4.94. The second-order valence-corrected chi connectivity index (χ2v) is 3.44. The average molecular weight is 182 g/mol. The Morgan fingerprint density at radius 2 is 2.23 bits per heavy atom. The Hall–Kier alpha value is -0.830. The summed E-state index contributed by atoms with van der Waals surface area (Å²) in [6.07, 6.45) is 5.69. The van der Waals surface area contributed by atoms with E-state index in [-0.39, 0.29) is 5.91 Å². The van der Waals surface area contributed by atoms with Crippen molar-refractivity contribution in [1.82, 2.24) is 10.6 Å². The topological polar surface area (TPSA) is 41.1 Å². The summed E-state index contributed by atoms with van der Waals surface area (Å²) in [7, 11) is 0. The van der Waals surface area contributed by atoms with Crippen LogP contribution in [0.1, 0.15) is 19.8 Å². The van der Waals surface area contributed by atoms with E-state index in [9.17, 15) is 4.79 Å². The van der Waals surface area contributed by atoms with Crippen LogP contribution in [-0.4, -0.2) is 25.5 Å². The molecule has 3 nitrogen and oxygen atoms in total. The van der Waals surface area contributed by atoms with Crippen molar-refractivity contribution in [3.63, 3.8) is 0 Å². The van der Waals surface area contributed by atoms with Gasteiger partial charge in [0.05, 0.1) is 0 Å². The Morgan fingerprint density at radius 1 is 1.54 bits per heavy atom. The van der Waals surface area contributed by atoms with Gasteiger partial charge in [-0.3, -0.25) is 4.79 Å². The minimum absolute atomic E-state index is 0.0287. The van der Waals surface area contributed by atoms with Gasteiger partial charge in [-0.1, -0.05) is 6.08 Å². The zero-order valence-corrected chi connectivity index (χ0v) is 8.18. The van der Waals surface area contributed by atoms with E-state index in [2.05, 4.69) is 10.6 Å². The second-order valence-electron chi connectivity index (χ2n) is 3.44. The molecule has 0 aromatic carbocycles. The predicted molar refractivity (Wildman–Crippen MR) is 53.4 cm³/mol. The van der Waals surface area contributed by atoms with Crippen molar-refractivity contribution in [1.29, 1.82) is 0 Å². The van der Waals surface area contributed by atoms with Crippen LogP contribution < -0.4 is 10.6 Å². The smallest absolute Gasteiger partial charge is 0.243 e.